The van der Waals surface area contributed by atoms with Gasteiger partial charge >= 0.3 is 0 Å². The average Bonchev–Trinajstić information content (AvgIpc) is 1.61. The molecule has 2 heteroatoms. The van der Waals surface area contributed by atoms with Crippen molar-refractivity contribution in [2.24, 2.45) is 0 Å². The van der Waals surface area contributed by atoms with Crippen molar-refractivity contribution in [3.63, 3.8) is 0 Å². The van der Waals surface area contributed by atoms with E-state index >= 15 is 0 Å². The van der Waals surface area contributed by atoms with Crippen molar-refractivity contribution < 1.29 is 8.78 Å². The van der Waals surface area contributed by atoms with Gasteiger partial charge in [-0.15, -0.1) is 4.39 Å². The van der Waals surface area contributed by atoms with E-state index in [1.54, 1.807) is 0 Å². The van der Waals surface area contributed by atoms with E-state index in [9.17, 15) is 8.78 Å². The molecule has 34 valence electrons. The molecular weight excluding hydrogens is 86.0 g/mol. The first kappa shape index (κ1) is 5.42. The van der Waals surface area contributed by atoms with Crippen LogP contribution in [0, 0.1) is 12.1 Å². The van der Waals surface area contributed by atoms with E-state index in [1.807, 2.05) is 5.92 Å². The Labute approximate surface area is 35.2 Å². The van der Waals surface area contributed by atoms with Gasteiger partial charge in [-0.05, 0) is 0 Å². The lowest BCUT2D eigenvalue weighted by molar-refractivity contribution is 0.504. The number of hydrogen-bond acceptors (Lipinski definition) is 0. The van der Waals surface area contributed by atoms with E-state index in [4.69, 9.17) is 0 Å². The van der Waals surface area contributed by atoms with Crippen LogP contribution in [-0.4, -0.2) is 6.67 Å². The summed E-state index contributed by atoms with van der Waals surface area (Å²) in [4.78, 5) is 0. The molecule has 0 aliphatic heterocycles. The van der Waals surface area contributed by atoms with Gasteiger partial charge in [0, 0.05) is 6.42 Å². The van der Waals surface area contributed by atoms with Crippen LogP contribution < -0.4 is 0 Å². The van der Waals surface area contributed by atoms with Crippen LogP contribution in [0.1, 0.15) is 6.42 Å². The third-order valence-electron chi connectivity index (χ3n) is 0.286. The highest BCUT2D eigenvalue weighted by atomic mass is 19.1. The second-order valence-corrected chi connectivity index (χ2v) is 0.710. The van der Waals surface area contributed by atoms with E-state index in [2.05, 4.69) is 0 Å². The lowest BCUT2D eigenvalue weighted by atomic mass is 10.5. The molecule has 0 aromatic carbocycles. The quantitative estimate of drug-likeness (QED) is 0.425. The molecule has 6 heavy (non-hydrogen) atoms. The summed E-state index contributed by atoms with van der Waals surface area (Å²) in [6.07, 6.45) is 1.09. The van der Waals surface area contributed by atoms with Crippen molar-refractivity contribution in [3.05, 3.63) is 0 Å². The molecule has 0 aliphatic carbocycles. The van der Waals surface area contributed by atoms with E-state index in [-0.39, 0.29) is 6.42 Å². The maximum absolute atomic E-state index is 10.9. The van der Waals surface area contributed by atoms with Crippen LogP contribution in [0.2, 0.25) is 0 Å². The van der Waals surface area contributed by atoms with Crippen molar-refractivity contribution >= 4 is 0 Å². The Morgan fingerprint density at radius 3 is 2.33 bits per heavy atom. The first-order valence-electron chi connectivity index (χ1n) is 1.56. The Bertz CT molecular complexity index is 67.4. The van der Waals surface area contributed by atoms with Crippen LogP contribution in [0.4, 0.5) is 8.78 Å². The Morgan fingerprint density at radius 2 is 2.17 bits per heavy atom. The summed E-state index contributed by atoms with van der Waals surface area (Å²) < 4.78 is 21.6. The monoisotopic (exact) mass is 90.0 g/mol. The predicted octanol–water partition coefficient (Wildman–Crippen LogP) is 1.28. The normalized spacial score (nSPS) is 6.33. The number of rotatable bonds is 1. The fourth-order valence-electron chi connectivity index (χ4n) is 0.0945. The van der Waals surface area contributed by atoms with E-state index in [0.29, 0.717) is 0 Å². The molecule has 0 atom stereocenters. The molecule has 0 aromatic heterocycles. The summed E-state index contributed by atoms with van der Waals surface area (Å²) in [5.74, 6) is 1.91. The van der Waals surface area contributed by atoms with Gasteiger partial charge in [-0.1, -0.05) is 5.92 Å². The molecule has 0 aliphatic rings. The fraction of sp³-hybridized carbons (Fsp3) is 0.500. The summed E-state index contributed by atoms with van der Waals surface area (Å²) >= 11 is 0. The van der Waals surface area contributed by atoms with Crippen molar-refractivity contribution in [2.45, 2.75) is 6.42 Å². The molecule has 0 fully saturated rings. The smallest absolute Gasteiger partial charge is 0.105 e. The summed E-state index contributed by atoms with van der Waals surface area (Å²) in [6, 6.07) is 0. The van der Waals surface area contributed by atoms with Gasteiger partial charge < -0.3 is 0 Å². The molecule has 0 saturated carbocycles. The lowest BCUT2D eigenvalue weighted by Crippen LogP contribution is -1.64. The minimum atomic E-state index is -0.559. The van der Waals surface area contributed by atoms with Crippen LogP contribution in [-0.2, 0) is 0 Å². The summed E-state index contributed by atoms with van der Waals surface area (Å²) in [5.41, 5.74) is 0. The second-order valence-electron chi connectivity index (χ2n) is 0.710. The second kappa shape index (κ2) is 4.42. The van der Waals surface area contributed by atoms with E-state index < -0.39 is 6.67 Å². The number of hydrogen-bond donors (Lipinski definition) is 0. The molecular formula is C4H4F2. The van der Waals surface area contributed by atoms with Crippen LogP contribution in [0.15, 0.2) is 0 Å². The Balaban J connectivity index is 2.79. The Kier molecular flexibility index (Phi) is 3.99. The predicted molar refractivity (Wildman–Crippen MR) is 19.5 cm³/mol. The maximum atomic E-state index is 10.9. The molecule has 0 amide bonds. The molecule has 0 aromatic rings. The van der Waals surface area contributed by atoms with Gasteiger partial charge in [0.05, 0.1) is 0 Å². The topological polar surface area (TPSA) is 0 Å². The SMILES string of the molecule is FC#CCCF. The molecule has 0 N–H and O–H groups in total. The summed E-state index contributed by atoms with van der Waals surface area (Å²) in [7, 11) is 0. The minimum Gasteiger partial charge on any atom is -0.250 e. The standard InChI is InChI=1S/C4H4F2/c5-3-1-2-4-6/h1,3H2. The van der Waals surface area contributed by atoms with Crippen LogP contribution in [0.5, 0.6) is 0 Å². The minimum absolute atomic E-state index is 0.0104. The van der Waals surface area contributed by atoms with E-state index in [0.717, 1.165) is 6.17 Å². The summed E-state index contributed by atoms with van der Waals surface area (Å²) in [5, 5.41) is 0. The third-order valence-corrected chi connectivity index (χ3v) is 0.286. The fourth-order valence-corrected chi connectivity index (χ4v) is 0.0945. The Morgan fingerprint density at radius 1 is 1.50 bits per heavy atom. The van der Waals surface area contributed by atoms with Gasteiger partial charge in [0.2, 0.25) is 0 Å². The van der Waals surface area contributed by atoms with Crippen molar-refractivity contribution in [2.75, 3.05) is 6.67 Å². The van der Waals surface area contributed by atoms with Gasteiger partial charge in [0.1, 0.15) is 12.8 Å². The van der Waals surface area contributed by atoms with Gasteiger partial charge in [-0.25, -0.2) is 0 Å². The van der Waals surface area contributed by atoms with Crippen LogP contribution in [0.3, 0.4) is 0 Å². The Hall–Kier alpha value is -0.580. The zero-order valence-electron chi connectivity index (χ0n) is 3.17. The molecule has 0 rings (SSSR count). The first-order valence-corrected chi connectivity index (χ1v) is 1.56. The molecule has 0 spiro atoms. The molecule has 0 saturated heterocycles. The summed E-state index contributed by atoms with van der Waals surface area (Å²) in [6.45, 7) is -0.559. The molecule has 0 unspecified atom stereocenters. The number of alkyl halides is 1. The lowest BCUT2D eigenvalue weighted by Gasteiger charge is -1.67. The zero-order valence-corrected chi connectivity index (χ0v) is 3.17. The highest BCUT2D eigenvalue weighted by Crippen LogP contribution is 1.73. The van der Waals surface area contributed by atoms with Crippen LogP contribution >= 0.6 is 0 Å². The van der Waals surface area contributed by atoms with Crippen LogP contribution in [0.25, 0.3) is 0 Å². The molecule has 0 radical (unpaired) electrons. The maximum Gasteiger partial charge on any atom is 0.105 e. The molecule has 0 heterocycles. The largest absolute Gasteiger partial charge is 0.250 e. The number of halogens is 2. The molecule has 0 bridgehead atoms. The van der Waals surface area contributed by atoms with Crippen molar-refractivity contribution in [1.82, 2.24) is 0 Å². The highest BCUT2D eigenvalue weighted by Gasteiger charge is 1.68. The van der Waals surface area contributed by atoms with E-state index in [1.165, 1.54) is 0 Å². The van der Waals surface area contributed by atoms with Gasteiger partial charge in [0.25, 0.3) is 0 Å². The third kappa shape index (κ3) is 3.42. The van der Waals surface area contributed by atoms with Gasteiger partial charge in [0.15, 0.2) is 0 Å². The molecule has 0 nitrogen and oxygen atoms in total. The van der Waals surface area contributed by atoms with Crippen molar-refractivity contribution in [3.8, 4) is 12.1 Å². The average molecular weight is 90.1 g/mol. The first-order chi connectivity index (χ1) is 2.91. The van der Waals surface area contributed by atoms with Gasteiger partial charge in [-0.2, -0.15) is 0 Å². The van der Waals surface area contributed by atoms with Crippen molar-refractivity contribution in [1.29, 1.82) is 0 Å². The highest BCUT2D eigenvalue weighted by molar-refractivity contribution is 4.89. The zero-order chi connectivity index (χ0) is 4.83. The van der Waals surface area contributed by atoms with Gasteiger partial charge in [-0.3, -0.25) is 4.39 Å².